The van der Waals surface area contributed by atoms with Gasteiger partial charge in [0.2, 0.25) is 5.91 Å². The summed E-state index contributed by atoms with van der Waals surface area (Å²) in [6, 6.07) is 5.92. The molecule has 0 spiro atoms. The number of nitrogens with one attached hydrogen (secondary N) is 1. The molecule has 5 nitrogen and oxygen atoms in total. The lowest BCUT2D eigenvalue weighted by Gasteiger charge is -2.19. The van der Waals surface area contributed by atoms with Gasteiger partial charge in [-0.1, -0.05) is 6.07 Å². The van der Waals surface area contributed by atoms with Crippen molar-refractivity contribution in [1.82, 2.24) is 5.32 Å². The van der Waals surface area contributed by atoms with Gasteiger partial charge in [0.25, 0.3) is 0 Å². The standard InChI is InChI=1S/C15H20N2O3/c16-10-15(4-5-15)14(18)17-6-3-11-1-2-12-13(9-11)20-8-7-19-12/h1-2,9H,3-8,10,16H2,(H,17,18). The quantitative estimate of drug-likeness (QED) is 0.836. The Kier molecular flexibility index (Phi) is 3.53. The van der Waals surface area contributed by atoms with Crippen molar-refractivity contribution in [2.24, 2.45) is 11.1 Å². The SMILES string of the molecule is NCC1(C(=O)NCCc2ccc3c(c2)OCCO3)CC1. The Balaban J connectivity index is 1.52. The fourth-order valence-electron chi connectivity index (χ4n) is 2.43. The summed E-state index contributed by atoms with van der Waals surface area (Å²) < 4.78 is 11.0. The van der Waals surface area contributed by atoms with E-state index in [2.05, 4.69) is 5.32 Å². The maximum Gasteiger partial charge on any atom is 0.227 e. The highest BCUT2D eigenvalue weighted by Crippen LogP contribution is 2.44. The molecule has 1 fully saturated rings. The van der Waals surface area contributed by atoms with E-state index in [1.165, 1.54) is 0 Å². The Morgan fingerprint density at radius 1 is 1.25 bits per heavy atom. The van der Waals surface area contributed by atoms with Crippen molar-refractivity contribution in [3.63, 3.8) is 0 Å². The molecule has 1 aromatic carbocycles. The monoisotopic (exact) mass is 276 g/mol. The molecule has 0 saturated heterocycles. The zero-order valence-electron chi connectivity index (χ0n) is 11.5. The summed E-state index contributed by atoms with van der Waals surface area (Å²) in [5.41, 5.74) is 6.50. The summed E-state index contributed by atoms with van der Waals surface area (Å²) in [6.45, 7) is 2.26. The van der Waals surface area contributed by atoms with Gasteiger partial charge >= 0.3 is 0 Å². The lowest BCUT2D eigenvalue weighted by atomic mass is 10.1. The Morgan fingerprint density at radius 3 is 2.70 bits per heavy atom. The first kappa shape index (κ1) is 13.2. The van der Waals surface area contributed by atoms with E-state index in [0.29, 0.717) is 26.3 Å². The van der Waals surface area contributed by atoms with E-state index in [1.54, 1.807) is 0 Å². The van der Waals surface area contributed by atoms with E-state index >= 15 is 0 Å². The maximum atomic E-state index is 11.9. The largest absolute Gasteiger partial charge is 0.486 e. The fourth-order valence-corrected chi connectivity index (χ4v) is 2.43. The van der Waals surface area contributed by atoms with Gasteiger partial charge in [-0.05, 0) is 37.0 Å². The van der Waals surface area contributed by atoms with Crippen LogP contribution in [-0.2, 0) is 11.2 Å². The van der Waals surface area contributed by atoms with Gasteiger partial charge < -0.3 is 20.5 Å². The van der Waals surface area contributed by atoms with E-state index in [9.17, 15) is 4.79 Å². The molecule has 3 N–H and O–H groups in total. The number of benzene rings is 1. The molecule has 1 amide bonds. The predicted molar refractivity (Wildman–Crippen MR) is 74.9 cm³/mol. The third-order valence-corrected chi connectivity index (χ3v) is 4.03. The molecule has 3 rings (SSSR count). The van der Waals surface area contributed by atoms with E-state index in [1.807, 2.05) is 18.2 Å². The van der Waals surface area contributed by atoms with Crippen molar-refractivity contribution in [2.75, 3.05) is 26.3 Å². The minimum absolute atomic E-state index is 0.0949. The van der Waals surface area contributed by atoms with Crippen molar-refractivity contribution < 1.29 is 14.3 Å². The van der Waals surface area contributed by atoms with Crippen LogP contribution in [0.3, 0.4) is 0 Å². The van der Waals surface area contributed by atoms with Crippen LogP contribution < -0.4 is 20.5 Å². The molecule has 1 saturated carbocycles. The fraction of sp³-hybridized carbons (Fsp3) is 0.533. The van der Waals surface area contributed by atoms with Crippen LogP contribution in [0.1, 0.15) is 18.4 Å². The summed E-state index contributed by atoms with van der Waals surface area (Å²) in [4.78, 5) is 11.9. The number of hydrogen-bond acceptors (Lipinski definition) is 4. The van der Waals surface area contributed by atoms with Gasteiger partial charge in [0, 0.05) is 13.1 Å². The Hall–Kier alpha value is -1.75. The van der Waals surface area contributed by atoms with E-state index in [0.717, 1.165) is 36.3 Å². The first-order valence-corrected chi connectivity index (χ1v) is 7.10. The van der Waals surface area contributed by atoms with Crippen LogP contribution in [0.4, 0.5) is 0 Å². The summed E-state index contributed by atoms with van der Waals surface area (Å²) in [5, 5.41) is 2.97. The molecule has 0 aromatic heterocycles. The van der Waals surface area contributed by atoms with Crippen LogP contribution >= 0.6 is 0 Å². The summed E-state index contributed by atoms with van der Waals surface area (Å²) in [6.07, 6.45) is 2.61. The van der Waals surface area contributed by atoms with Crippen LogP contribution in [0.2, 0.25) is 0 Å². The van der Waals surface area contributed by atoms with Gasteiger partial charge in [0.05, 0.1) is 5.41 Å². The molecule has 20 heavy (non-hydrogen) atoms. The minimum Gasteiger partial charge on any atom is -0.486 e. The summed E-state index contributed by atoms with van der Waals surface area (Å²) >= 11 is 0. The molecule has 0 bridgehead atoms. The van der Waals surface area contributed by atoms with Crippen LogP contribution in [0.25, 0.3) is 0 Å². The Morgan fingerprint density at radius 2 is 2.00 bits per heavy atom. The van der Waals surface area contributed by atoms with Gasteiger partial charge in [0.15, 0.2) is 11.5 Å². The van der Waals surface area contributed by atoms with Crippen molar-refractivity contribution in [2.45, 2.75) is 19.3 Å². The summed E-state index contributed by atoms with van der Waals surface area (Å²) in [7, 11) is 0. The number of ether oxygens (including phenoxy) is 2. The van der Waals surface area contributed by atoms with Crippen LogP contribution in [0.15, 0.2) is 18.2 Å². The topological polar surface area (TPSA) is 73.6 Å². The number of amides is 1. The Bertz CT molecular complexity index is 512. The lowest BCUT2D eigenvalue weighted by molar-refractivity contribution is -0.125. The van der Waals surface area contributed by atoms with Crippen molar-refractivity contribution in [3.05, 3.63) is 23.8 Å². The number of nitrogens with two attached hydrogens (primary N) is 1. The van der Waals surface area contributed by atoms with Crippen LogP contribution in [0.5, 0.6) is 11.5 Å². The smallest absolute Gasteiger partial charge is 0.227 e. The van der Waals surface area contributed by atoms with Crippen LogP contribution in [0, 0.1) is 5.41 Å². The first-order valence-electron chi connectivity index (χ1n) is 7.10. The van der Waals surface area contributed by atoms with Gasteiger partial charge in [-0.15, -0.1) is 0 Å². The second-order valence-corrected chi connectivity index (χ2v) is 5.47. The molecular formula is C15H20N2O3. The van der Waals surface area contributed by atoms with E-state index < -0.39 is 0 Å². The molecular weight excluding hydrogens is 256 g/mol. The van der Waals surface area contributed by atoms with E-state index in [-0.39, 0.29) is 11.3 Å². The second-order valence-electron chi connectivity index (χ2n) is 5.47. The number of rotatable bonds is 5. The average molecular weight is 276 g/mol. The van der Waals surface area contributed by atoms with Gasteiger partial charge in [0.1, 0.15) is 13.2 Å². The molecule has 0 unspecified atom stereocenters. The molecule has 1 heterocycles. The van der Waals surface area contributed by atoms with Crippen molar-refractivity contribution in [3.8, 4) is 11.5 Å². The molecule has 2 aliphatic rings. The highest BCUT2D eigenvalue weighted by Gasteiger charge is 2.48. The van der Waals surface area contributed by atoms with Gasteiger partial charge in [-0.25, -0.2) is 0 Å². The molecule has 1 aliphatic carbocycles. The average Bonchev–Trinajstić information content (AvgIpc) is 3.28. The number of fused-ring (bicyclic) bond motifs is 1. The third kappa shape index (κ3) is 2.58. The number of hydrogen-bond donors (Lipinski definition) is 2. The molecule has 0 atom stereocenters. The van der Waals surface area contributed by atoms with Gasteiger partial charge in [-0.3, -0.25) is 4.79 Å². The zero-order chi connectivity index (χ0) is 14.0. The molecule has 0 radical (unpaired) electrons. The second kappa shape index (κ2) is 5.32. The molecule has 1 aliphatic heterocycles. The van der Waals surface area contributed by atoms with E-state index in [4.69, 9.17) is 15.2 Å². The highest BCUT2D eigenvalue weighted by molar-refractivity contribution is 5.85. The van der Waals surface area contributed by atoms with Gasteiger partial charge in [-0.2, -0.15) is 0 Å². The zero-order valence-corrected chi connectivity index (χ0v) is 11.5. The first-order chi connectivity index (χ1) is 9.73. The van der Waals surface area contributed by atoms with Crippen molar-refractivity contribution in [1.29, 1.82) is 0 Å². The molecule has 108 valence electrons. The highest BCUT2D eigenvalue weighted by atomic mass is 16.6. The molecule has 1 aromatic rings. The number of carbonyl (C=O) groups is 1. The lowest BCUT2D eigenvalue weighted by Crippen LogP contribution is -2.37. The third-order valence-electron chi connectivity index (χ3n) is 4.03. The normalized spacial score (nSPS) is 18.4. The number of carbonyl (C=O) groups excluding carboxylic acids is 1. The predicted octanol–water partition coefficient (Wildman–Crippen LogP) is 0.855. The maximum absolute atomic E-state index is 11.9. The van der Waals surface area contributed by atoms with Crippen LogP contribution in [-0.4, -0.2) is 32.2 Å². The molecule has 5 heteroatoms. The summed E-state index contributed by atoms with van der Waals surface area (Å²) in [5.74, 6) is 1.68. The van der Waals surface area contributed by atoms with Crippen molar-refractivity contribution >= 4 is 5.91 Å². The minimum atomic E-state index is -0.271. The Labute approximate surface area is 118 Å².